The van der Waals surface area contributed by atoms with Crippen LogP contribution in [0, 0.1) is 0 Å². The molecule has 0 saturated heterocycles. The number of nitrogens with one attached hydrogen (secondary N) is 1. The maximum absolute atomic E-state index is 12.5. The molecule has 1 aliphatic carbocycles. The summed E-state index contributed by atoms with van der Waals surface area (Å²) in [6, 6.07) is 1.42. The first-order chi connectivity index (χ1) is 8.29. The molecule has 2 unspecified atom stereocenters. The number of amides is 1. The molecule has 2 atom stereocenters. The van der Waals surface area contributed by atoms with Crippen LogP contribution in [0.2, 0.25) is 0 Å². The lowest BCUT2D eigenvalue weighted by atomic mass is 10.2. The summed E-state index contributed by atoms with van der Waals surface area (Å²) >= 11 is 0. The fourth-order valence-electron chi connectivity index (χ4n) is 1.48. The quantitative estimate of drug-likeness (QED) is 0.746. The molecule has 0 spiro atoms. The summed E-state index contributed by atoms with van der Waals surface area (Å²) < 4.78 is 37.5. The van der Waals surface area contributed by atoms with Crippen LogP contribution in [0.1, 0.15) is 22.5 Å². The number of rotatable bonds is 3. The third-order valence-electron chi connectivity index (χ3n) is 2.61. The molecule has 0 radical (unpaired) electrons. The smallest absolute Gasteiger partial charge is 0.365 e. The number of alkyl halides is 3. The number of carbonyl (C=O) groups is 1. The van der Waals surface area contributed by atoms with Gasteiger partial charge in [-0.05, 0) is 18.6 Å². The normalized spacial score (nSPS) is 22.7. The number of pyridine rings is 1. The summed E-state index contributed by atoms with van der Waals surface area (Å²) in [4.78, 5) is 14.5. The average Bonchev–Trinajstić information content (AvgIpc) is 2.92. The monoisotopic (exact) mass is 260 g/mol. The van der Waals surface area contributed by atoms with E-state index in [-0.39, 0.29) is 23.5 Å². The van der Waals surface area contributed by atoms with Crippen molar-refractivity contribution < 1.29 is 18.0 Å². The Hall–Kier alpha value is -1.83. The molecular weight excluding hydrogens is 249 g/mol. The Labute approximate surface area is 100 Å². The van der Waals surface area contributed by atoms with E-state index in [2.05, 4.69) is 10.3 Å². The van der Waals surface area contributed by atoms with E-state index in [1.807, 2.05) is 0 Å². The van der Waals surface area contributed by atoms with Gasteiger partial charge in [-0.1, -0.05) is 0 Å². The molecule has 5 N–H and O–H groups in total. The van der Waals surface area contributed by atoms with Gasteiger partial charge in [0.15, 0.2) is 0 Å². The number of halogens is 3. The number of aromatic nitrogens is 1. The molecule has 1 saturated carbocycles. The van der Waals surface area contributed by atoms with Gasteiger partial charge >= 0.3 is 6.18 Å². The summed E-state index contributed by atoms with van der Waals surface area (Å²) in [5, 5.41) is 2.69. The molecule has 0 aliphatic heterocycles. The van der Waals surface area contributed by atoms with Gasteiger partial charge in [-0.2, -0.15) is 13.2 Å². The Morgan fingerprint density at radius 2 is 2.06 bits per heavy atom. The van der Waals surface area contributed by atoms with Gasteiger partial charge in [0.25, 0.3) is 5.91 Å². The van der Waals surface area contributed by atoms with Gasteiger partial charge in [0.2, 0.25) is 0 Å². The van der Waals surface area contributed by atoms with E-state index in [0.29, 0.717) is 6.42 Å². The highest BCUT2D eigenvalue weighted by Crippen LogP contribution is 2.31. The van der Waals surface area contributed by atoms with Crippen molar-refractivity contribution in [3.63, 3.8) is 0 Å². The Morgan fingerprint density at radius 3 is 2.50 bits per heavy atom. The van der Waals surface area contributed by atoms with Crippen LogP contribution in [0.25, 0.3) is 0 Å². The fourth-order valence-corrected chi connectivity index (χ4v) is 1.48. The average molecular weight is 260 g/mol. The topological polar surface area (TPSA) is 94.0 Å². The zero-order valence-corrected chi connectivity index (χ0v) is 9.16. The summed E-state index contributed by atoms with van der Waals surface area (Å²) in [6.07, 6.45) is -3.95. The third-order valence-corrected chi connectivity index (χ3v) is 2.61. The van der Waals surface area contributed by atoms with Crippen LogP contribution in [0.5, 0.6) is 0 Å². The number of nitrogens with two attached hydrogens (primary N) is 2. The molecule has 5 nitrogen and oxygen atoms in total. The van der Waals surface area contributed by atoms with Gasteiger partial charge in [0.1, 0.15) is 11.5 Å². The first kappa shape index (κ1) is 12.6. The van der Waals surface area contributed by atoms with Crippen molar-refractivity contribution in [2.24, 2.45) is 11.5 Å². The van der Waals surface area contributed by atoms with E-state index < -0.39 is 17.8 Å². The van der Waals surface area contributed by atoms with Crippen molar-refractivity contribution in [1.82, 2.24) is 4.98 Å². The van der Waals surface area contributed by atoms with Crippen LogP contribution in [0.15, 0.2) is 12.1 Å². The predicted molar refractivity (Wildman–Crippen MR) is 57.8 cm³/mol. The highest BCUT2D eigenvalue weighted by molar-refractivity contribution is 5.97. The van der Waals surface area contributed by atoms with Crippen LogP contribution in [0.4, 0.5) is 19.0 Å². The SMILES string of the molecule is NC(=O)c1ccc(C(F)(F)F)nc1NC1CC1N. The van der Waals surface area contributed by atoms with E-state index in [9.17, 15) is 18.0 Å². The zero-order valence-electron chi connectivity index (χ0n) is 9.16. The fraction of sp³-hybridized carbons (Fsp3) is 0.400. The molecule has 1 fully saturated rings. The van der Waals surface area contributed by atoms with Gasteiger partial charge < -0.3 is 16.8 Å². The Balaban J connectivity index is 2.35. The Morgan fingerprint density at radius 1 is 1.44 bits per heavy atom. The second kappa shape index (κ2) is 4.13. The maximum atomic E-state index is 12.5. The minimum atomic E-state index is -4.57. The lowest BCUT2D eigenvalue weighted by Crippen LogP contribution is -2.21. The zero-order chi connectivity index (χ0) is 13.5. The molecule has 1 aromatic heterocycles. The number of hydrogen-bond donors (Lipinski definition) is 3. The van der Waals surface area contributed by atoms with Crippen molar-refractivity contribution >= 4 is 11.7 Å². The molecule has 98 valence electrons. The highest BCUT2D eigenvalue weighted by Gasteiger charge is 2.37. The summed E-state index contributed by atoms with van der Waals surface area (Å²) in [6.45, 7) is 0. The van der Waals surface area contributed by atoms with Gasteiger partial charge in [0.05, 0.1) is 5.56 Å². The molecule has 1 heterocycles. The van der Waals surface area contributed by atoms with Crippen LogP contribution < -0.4 is 16.8 Å². The molecule has 2 rings (SSSR count). The molecule has 0 bridgehead atoms. The van der Waals surface area contributed by atoms with Crippen molar-refractivity contribution in [1.29, 1.82) is 0 Å². The number of nitrogens with zero attached hydrogens (tertiary/aromatic N) is 1. The number of carbonyl (C=O) groups excluding carboxylic acids is 1. The van der Waals surface area contributed by atoms with Gasteiger partial charge in [-0.15, -0.1) is 0 Å². The van der Waals surface area contributed by atoms with Crippen molar-refractivity contribution in [3.05, 3.63) is 23.4 Å². The van der Waals surface area contributed by atoms with Crippen LogP contribution in [-0.2, 0) is 6.18 Å². The van der Waals surface area contributed by atoms with Gasteiger partial charge in [0, 0.05) is 12.1 Å². The van der Waals surface area contributed by atoms with Crippen molar-refractivity contribution in [2.45, 2.75) is 24.7 Å². The number of hydrogen-bond acceptors (Lipinski definition) is 4. The van der Waals surface area contributed by atoms with E-state index in [1.54, 1.807) is 0 Å². The molecule has 18 heavy (non-hydrogen) atoms. The Kier molecular flexibility index (Phi) is 2.89. The first-order valence-electron chi connectivity index (χ1n) is 5.19. The molecule has 1 aliphatic rings. The van der Waals surface area contributed by atoms with Gasteiger partial charge in [-0.25, -0.2) is 4.98 Å². The highest BCUT2D eigenvalue weighted by atomic mass is 19.4. The number of primary amides is 1. The molecule has 8 heteroatoms. The number of anilines is 1. The molecular formula is C10H11F3N4O. The van der Waals surface area contributed by atoms with Crippen molar-refractivity contribution in [2.75, 3.05) is 5.32 Å². The van der Waals surface area contributed by atoms with E-state index >= 15 is 0 Å². The molecule has 0 aromatic carbocycles. The van der Waals surface area contributed by atoms with Crippen molar-refractivity contribution in [3.8, 4) is 0 Å². The second-order valence-corrected chi connectivity index (χ2v) is 4.11. The van der Waals surface area contributed by atoms with E-state index in [0.717, 1.165) is 12.1 Å². The van der Waals surface area contributed by atoms with E-state index in [4.69, 9.17) is 11.5 Å². The summed E-state index contributed by atoms with van der Waals surface area (Å²) in [5.41, 5.74) is 9.45. The largest absolute Gasteiger partial charge is 0.433 e. The Bertz CT molecular complexity index is 489. The second-order valence-electron chi connectivity index (χ2n) is 4.11. The lowest BCUT2D eigenvalue weighted by molar-refractivity contribution is -0.141. The van der Waals surface area contributed by atoms with Crippen LogP contribution >= 0.6 is 0 Å². The standard InChI is InChI=1S/C10H11F3N4O/c11-10(12,13)7-2-1-4(8(15)18)9(17-7)16-6-3-5(6)14/h1-2,5-6H,3,14H2,(H2,15,18)(H,16,17). The molecule has 1 amide bonds. The minimum absolute atomic E-state index is 0.0814. The summed E-state index contributed by atoms with van der Waals surface area (Å²) in [5.74, 6) is -1.01. The maximum Gasteiger partial charge on any atom is 0.433 e. The lowest BCUT2D eigenvalue weighted by Gasteiger charge is -2.12. The predicted octanol–water partition coefficient (Wildman–Crippen LogP) is 0.711. The van der Waals surface area contributed by atoms with Crippen LogP contribution in [0.3, 0.4) is 0 Å². The van der Waals surface area contributed by atoms with Crippen LogP contribution in [-0.4, -0.2) is 23.0 Å². The minimum Gasteiger partial charge on any atom is -0.365 e. The summed E-state index contributed by atoms with van der Waals surface area (Å²) in [7, 11) is 0. The first-order valence-corrected chi connectivity index (χ1v) is 5.19. The van der Waals surface area contributed by atoms with E-state index in [1.165, 1.54) is 0 Å². The molecule has 1 aromatic rings. The van der Waals surface area contributed by atoms with Gasteiger partial charge in [-0.3, -0.25) is 4.79 Å². The third kappa shape index (κ3) is 2.53.